The molecule has 1 fully saturated rings. The van der Waals surface area contributed by atoms with Gasteiger partial charge in [0, 0.05) is 24.5 Å². The van der Waals surface area contributed by atoms with Gasteiger partial charge in [0.1, 0.15) is 0 Å². The number of benzene rings is 1. The molecule has 1 aliphatic heterocycles. The Morgan fingerprint density at radius 1 is 1.22 bits per heavy atom. The first kappa shape index (κ1) is 12.8. The Hall–Kier alpha value is -1.62. The van der Waals surface area contributed by atoms with E-state index >= 15 is 0 Å². The lowest BCUT2D eigenvalue weighted by molar-refractivity contribution is 0.578. The fourth-order valence-electron chi connectivity index (χ4n) is 2.38. The van der Waals surface area contributed by atoms with Crippen LogP contribution in [-0.2, 0) is 0 Å². The minimum Gasteiger partial charge on any atom is -0.372 e. The lowest BCUT2D eigenvalue weighted by atomic mass is 10.1. The Labute approximate surface area is 110 Å². The zero-order valence-corrected chi connectivity index (χ0v) is 11.2. The molecule has 0 saturated carbocycles. The summed E-state index contributed by atoms with van der Waals surface area (Å²) < 4.78 is 0. The van der Waals surface area contributed by atoms with Crippen LogP contribution in [0.4, 0.5) is 11.4 Å². The summed E-state index contributed by atoms with van der Waals surface area (Å²) in [6, 6.07) is 8.77. The van der Waals surface area contributed by atoms with Gasteiger partial charge in [-0.05, 0) is 49.9 Å². The van der Waals surface area contributed by atoms with Crippen LogP contribution in [0, 0.1) is 12.3 Å². The Morgan fingerprint density at radius 2 is 1.89 bits per heavy atom. The number of nitrogens with zero attached hydrogens (tertiary/aromatic N) is 1. The highest BCUT2D eigenvalue weighted by Crippen LogP contribution is 2.22. The SMILES string of the molecule is C#CC(CC)Nc1ccc(N2CCCCC2)cc1. The van der Waals surface area contributed by atoms with Gasteiger partial charge in [0.2, 0.25) is 0 Å². The molecule has 2 rings (SSSR count). The molecule has 0 bridgehead atoms. The molecule has 1 unspecified atom stereocenters. The normalized spacial score (nSPS) is 17.0. The Balaban J connectivity index is 1.98. The van der Waals surface area contributed by atoms with Crippen molar-refractivity contribution in [3.63, 3.8) is 0 Å². The van der Waals surface area contributed by atoms with E-state index in [1.165, 1.54) is 38.0 Å². The molecule has 0 amide bonds. The molecule has 1 aromatic carbocycles. The molecule has 0 spiro atoms. The van der Waals surface area contributed by atoms with Gasteiger partial charge in [-0.15, -0.1) is 6.42 Å². The smallest absolute Gasteiger partial charge is 0.0871 e. The van der Waals surface area contributed by atoms with E-state index in [0.717, 1.165) is 12.1 Å². The minimum absolute atomic E-state index is 0.130. The van der Waals surface area contributed by atoms with E-state index in [0.29, 0.717) is 0 Å². The number of piperidine rings is 1. The second kappa shape index (κ2) is 6.35. The van der Waals surface area contributed by atoms with E-state index in [2.05, 4.69) is 47.3 Å². The van der Waals surface area contributed by atoms with Crippen LogP contribution in [0.15, 0.2) is 24.3 Å². The maximum Gasteiger partial charge on any atom is 0.0871 e. The molecule has 0 aliphatic carbocycles. The van der Waals surface area contributed by atoms with Gasteiger partial charge < -0.3 is 10.2 Å². The second-order valence-corrected chi connectivity index (χ2v) is 4.87. The fraction of sp³-hybridized carbons (Fsp3) is 0.500. The van der Waals surface area contributed by atoms with Crippen LogP contribution < -0.4 is 10.2 Å². The third-order valence-electron chi connectivity index (χ3n) is 3.54. The van der Waals surface area contributed by atoms with E-state index in [4.69, 9.17) is 6.42 Å². The summed E-state index contributed by atoms with van der Waals surface area (Å²) >= 11 is 0. The molecule has 96 valence electrons. The fourth-order valence-corrected chi connectivity index (χ4v) is 2.38. The molecule has 2 nitrogen and oxygen atoms in total. The van der Waals surface area contributed by atoms with Crippen LogP contribution in [0.25, 0.3) is 0 Å². The number of hydrogen-bond donors (Lipinski definition) is 1. The summed E-state index contributed by atoms with van der Waals surface area (Å²) in [5.74, 6) is 2.76. The van der Waals surface area contributed by atoms with Gasteiger partial charge in [-0.1, -0.05) is 12.8 Å². The Kier molecular flexibility index (Phi) is 4.52. The maximum absolute atomic E-state index is 5.46. The standard InChI is InChI=1S/C16H22N2/c1-3-14(4-2)17-15-8-10-16(11-9-15)18-12-6-5-7-13-18/h1,8-11,14,17H,4-7,12-13H2,2H3. The average molecular weight is 242 g/mol. The van der Waals surface area contributed by atoms with Crippen molar-refractivity contribution in [2.75, 3.05) is 23.3 Å². The molecule has 1 aliphatic rings. The van der Waals surface area contributed by atoms with E-state index in [-0.39, 0.29) is 6.04 Å². The molecule has 1 heterocycles. The zero-order valence-electron chi connectivity index (χ0n) is 11.2. The predicted molar refractivity (Wildman–Crippen MR) is 79.0 cm³/mol. The van der Waals surface area contributed by atoms with E-state index < -0.39 is 0 Å². The number of hydrogen-bond acceptors (Lipinski definition) is 2. The van der Waals surface area contributed by atoms with Gasteiger partial charge in [-0.2, -0.15) is 0 Å². The van der Waals surface area contributed by atoms with Crippen LogP contribution in [0.5, 0.6) is 0 Å². The zero-order chi connectivity index (χ0) is 12.8. The number of rotatable bonds is 4. The minimum atomic E-state index is 0.130. The van der Waals surface area contributed by atoms with Crippen molar-refractivity contribution in [2.45, 2.75) is 38.6 Å². The molecule has 1 atom stereocenters. The first-order valence-electron chi connectivity index (χ1n) is 6.91. The summed E-state index contributed by atoms with van der Waals surface area (Å²) in [6.45, 7) is 4.48. The molecule has 1 saturated heterocycles. The topological polar surface area (TPSA) is 15.3 Å². The third kappa shape index (κ3) is 3.20. The second-order valence-electron chi connectivity index (χ2n) is 4.87. The molecule has 2 heteroatoms. The van der Waals surface area contributed by atoms with Gasteiger partial charge >= 0.3 is 0 Å². The summed E-state index contributed by atoms with van der Waals surface area (Å²) in [6.07, 6.45) is 10.4. The molecular weight excluding hydrogens is 220 g/mol. The van der Waals surface area contributed by atoms with Crippen LogP contribution in [-0.4, -0.2) is 19.1 Å². The number of nitrogens with one attached hydrogen (secondary N) is 1. The van der Waals surface area contributed by atoms with Crippen LogP contribution in [0.3, 0.4) is 0 Å². The Morgan fingerprint density at radius 3 is 2.44 bits per heavy atom. The summed E-state index contributed by atoms with van der Waals surface area (Å²) in [5.41, 5.74) is 2.44. The molecule has 0 radical (unpaired) electrons. The third-order valence-corrected chi connectivity index (χ3v) is 3.54. The summed E-state index contributed by atoms with van der Waals surface area (Å²) in [7, 11) is 0. The lowest BCUT2D eigenvalue weighted by Gasteiger charge is -2.29. The van der Waals surface area contributed by atoms with Crippen LogP contribution >= 0.6 is 0 Å². The molecule has 0 aromatic heterocycles. The molecule has 1 N–H and O–H groups in total. The van der Waals surface area contributed by atoms with Crippen molar-refractivity contribution in [3.8, 4) is 12.3 Å². The van der Waals surface area contributed by atoms with Crippen molar-refractivity contribution in [3.05, 3.63) is 24.3 Å². The van der Waals surface area contributed by atoms with Crippen LogP contribution in [0.1, 0.15) is 32.6 Å². The monoisotopic (exact) mass is 242 g/mol. The van der Waals surface area contributed by atoms with Crippen molar-refractivity contribution in [1.82, 2.24) is 0 Å². The molecular formula is C16H22N2. The first-order chi connectivity index (χ1) is 8.83. The highest BCUT2D eigenvalue weighted by Gasteiger charge is 2.10. The van der Waals surface area contributed by atoms with Crippen molar-refractivity contribution in [2.24, 2.45) is 0 Å². The lowest BCUT2D eigenvalue weighted by Crippen LogP contribution is -2.29. The largest absolute Gasteiger partial charge is 0.372 e. The molecule has 1 aromatic rings. The summed E-state index contributed by atoms with van der Waals surface area (Å²) in [5, 5.41) is 3.35. The quantitative estimate of drug-likeness (QED) is 0.813. The van der Waals surface area contributed by atoms with E-state index in [9.17, 15) is 0 Å². The van der Waals surface area contributed by atoms with Crippen LogP contribution in [0.2, 0.25) is 0 Å². The highest BCUT2D eigenvalue weighted by molar-refractivity contribution is 5.56. The van der Waals surface area contributed by atoms with Gasteiger partial charge in [-0.3, -0.25) is 0 Å². The van der Waals surface area contributed by atoms with E-state index in [1.54, 1.807) is 0 Å². The summed E-state index contributed by atoms with van der Waals surface area (Å²) in [4.78, 5) is 2.46. The van der Waals surface area contributed by atoms with Crippen molar-refractivity contribution in [1.29, 1.82) is 0 Å². The number of anilines is 2. The van der Waals surface area contributed by atoms with Crippen molar-refractivity contribution < 1.29 is 0 Å². The molecule has 18 heavy (non-hydrogen) atoms. The highest BCUT2D eigenvalue weighted by atomic mass is 15.1. The average Bonchev–Trinajstić information content (AvgIpc) is 2.46. The van der Waals surface area contributed by atoms with Crippen molar-refractivity contribution >= 4 is 11.4 Å². The maximum atomic E-state index is 5.46. The van der Waals surface area contributed by atoms with Gasteiger partial charge in [0.25, 0.3) is 0 Å². The van der Waals surface area contributed by atoms with Gasteiger partial charge in [0.05, 0.1) is 6.04 Å². The predicted octanol–water partition coefficient (Wildman–Crippen LogP) is 3.50. The van der Waals surface area contributed by atoms with E-state index in [1.807, 2.05) is 0 Å². The van der Waals surface area contributed by atoms with Gasteiger partial charge in [0.15, 0.2) is 0 Å². The number of terminal acetylenes is 1. The first-order valence-corrected chi connectivity index (χ1v) is 6.91. The Bertz CT molecular complexity index is 396. The van der Waals surface area contributed by atoms with Gasteiger partial charge in [-0.25, -0.2) is 0 Å².